The summed E-state index contributed by atoms with van der Waals surface area (Å²) in [5.41, 5.74) is 0.817. The van der Waals surface area contributed by atoms with Gasteiger partial charge >= 0.3 is 5.97 Å². The fourth-order valence-corrected chi connectivity index (χ4v) is 1.29. The Balaban J connectivity index is 1.84. The van der Waals surface area contributed by atoms with Gasteiger partial charge in [0, 0.05) is 12.7 Å². The van der Waals surface area contributed by atoms with Gasteiger partial charge in [0.2, 0.25) is 5.89 Å². The fourth-order valence-electron chi connectivity index (χ4n) is 1.29. The van der Waals surface area contributed by atoms with Gasteiger partial charge in [-0.2, -0.15) is 0 Å². The van der Waals surface area contributed by atoms with Crippen LogP contribution in [0.4, 0.5) is 0 Å². The van der Waals surface area contributed by atoms with Gasteiger partial charge in [-0.15, -0.1) is 0 Å². The number of rotatable bonds is 5. The fraction of sp³-hybridized carbons (Fsp3) is 0.182. The molecule has 0 saturated carbocycles. The number of oxazole rings is 1. The third kappa shape index (κ3) is 3.12. The average Bonchev–Trinajstić information content (AvgIpc) is 2.79. The molecule has 0 unspecified atom stereocenters. The Hall–Kier alpha value is -2.21. The van der Waals surface area contributed by atoms with Crippen molar-refractivity contribution in [2.45, 2.75) is 13.1 Å². The van der Waals surface area contributed by atoms with Gasteiger partial charge in [-0.25, -0.2) is 9.78 Å². The Morgan fingerprint density at radius 1 is 1.41 bits per heavy atom. The summed E-state index contributed by atoms with van der Waals surface area (Å²) in [7, 11) is 0. The number of aromatic nitrogens is 2. The van der Waals surface area contributed by atoms with E-state index in [4.69, 9.17) is 9.52 Å². The average molecular weight is 233 g/mol. The number of nitrogens with one attached hydrogen (secondary N) is 1. The molecule has 6 heteroatoms. The molecule has 88 valence electrons. The molecule has 0 atom stereocenters. The molecule has 0 bridgehead atoms. The van der Waals surface area contributed by atoms with Crippen molar-refractivity contribution in [3.63, 3.8) is 0 Å². The molecule has 0 aliphatic rings. The highest BCUT2D eigenvalue weighted by molar-refractivity contribution is 5.84. The van der Waals surface area contributed by atoms with E-state index in [1.165, 1.54) is 0 Å². The van der Waals surface area contributed by atoms with E-state index in [9.17, 15) is 4.79 Å². The Bertz CT molecular complexity index is 496. The maximum Gasteiger partial charge on any atom is 0.357 e. The third-order valence-electron chi connectivity index (χ3n) is 2.08. The summed E-state index contributed by atoms with van der Waals surface area (Å²) in [6.07, 6.45) is 2.84. The highest BCUT2D eigenvalue weighted by Crippen LogP contribution is 2.02. The van der Waals surface area contributed by atoms with E-state index in [-0.39, 0.29) is 5.69 Å². The van der Waals surface area contributed by atoms with E-state index < -0.39 is 5.97 Å². The van der Waals surface area contributed by atoms with Gasteiger partial charge in [0.25, 0.3) is 0 Å². The zero-order valence-corrected chi connectivity index (χ0v) is 8.96. The van der Waals surface area contributed by atoms with Crippen molar-refractivity contribution in [3.8, 4) is 0 Å². The molecule has 6 nitrogen and oxygen atoms in total. The minimum absolute atomic E-state index is 0.0837. The van der Waals surface area contributed by atoms with Crippen molar-refractivity contribution in [1.82, 2.24) is 15.3 Å². The molecule has 0 radical (unpaired) electrons. The number of carboxylic acids is 1. The lowest BCUT2D eigenvalue weighted by molar-refractivity contribution is 0.0690. The molecular weight excluding hydrogens is 222 g/mol. The van der Waals surface area contributed by atoms with Gasteiger partial charge in [-0.1, -0.05) is 6.07 Å². The van der Waals surface area contributed by atoms with Crippen LogP contribution in [0, 0.1) is 0 Å². The quantitative estimate of drug-likeness (QED) is 0.802. The minimum Gasteiger partial charge on any atom is -0.476 e. The molecule has 2 aromatic rings. The predicted octanol–water partition coefficient (Wildman–Crippen LogP) is 1.06. The SMILES string of the molecule is O=C(O)c1coc(CNCc2ccccn2)n1. The zero-order valence-electron chi connectivity index (χ0n) is 8.96. The van der Waals surface area contributed by atoms with Gasteiger partial charge in [-0.05, 0) is 12.1 Å². The smallest absolute Gasteiger partial charge is 0.357 e. The molecule has 2 N–H and O–H groups in total. The van der Waals surface area contributed by atoms with Crippen LogP contribution in [0.3, 0.4) is 0 Å². The first-order chi connectivity index (χ1) is 8.25. The summed E-state index contributed by atoms with van der Waals surface area (Å²) >= 11 is 0. The van der Waals surface area contributed by atoms with Crippen molar-refractivity contribution >= 4 is 5.97 Å². The lowest BCUT2D eigenvalue weighted by Crippen LogP contribution is -2.14. The second-order valence-corrected chi connectivity index (χ2v) is 3.36. The number of carbonyl (C=O) groups is 1. The first kappa shape index (κ1) is 11.3. The number of hydrogen-bond acceptors (Lipinski definition) is 5. The summed E-state index contributed by atoms with van der Waals surface area (Å²) in [6.45, 7) is 0.940. The van der Waals surface area contributed by atoms with Crippen molar-refractivity contribution in [2.24, 2.45) is 0 Å². The molecule has 0 amide bonds. The molecule has 0 aliphatic carbocycles. The number of pyridine rings is 1. The summed E-state index contributed by atoms with van der Waals surface area (Å²) < 4.78 is 4.99. The standard InChI is InChI=1S/C11H11N3O3/c15-11(16)9-7-17-10(14-9)6-12-5-8-3-1-2-4-13-8/h1-4,7,12H,5-6H2,(H,15,16). The van der Waals surface area contributed by atoms with E-state index in [1.54, 1.807) is 6.20 Å². The molecule has 0 aliphatic heterocycles. The molecule has 0 aromatic carbocycles. The first-order valence-corrected chi connectivity index (χ1v) is 5.04. The number of aromatic carboxylic acids is 1. The first-order valence-electron chi connectivity index (χ1n) is 5.04. The van der Waals surface area contributed by atoms with Gasteiger partial charge in [-0.3, -0.25) is 4.98 Å². The molecule has 17 heavy (non-hydrogen) atoms. The lowest BCUT2D eigenvalue weighted by atomic mass is 10.3. The van der Waals surface area contributed by atoms with Crippen LogP contribution in [-0.4, -0.2) is 21.0 Å². The van der Waals surface area contributed by atoms with Crippen LogP contribution in [0.15, 0.2) is 35.1 Å². The van der Waals surface area contributed by atoms with Crippen LogP contribution in [0.2, 0.25) is 0 Å². The maximum absolute atomic E-state index is 10.6. The molecular formula is C11H11N3O3. The van der Waals surface area contributed by atoms with Crippen LogP contribution >= 0.6 is 0 Å². The second-order valence-electron chi connectivity index (χ2n) is 3.36. The maximum atomic E-state index is 10.6. The van der Waals surface area contributed by atoms with E-state index in [0.717, 1.165) is 12.0 Å². The second kappa shape index (κ2) is 5.22. The molecule has 0 fully saturated rings. The highest BCUT2D eigenvalue weighted by Gasteiger charge is 2.09. The van der Waals surface area contributed by atoms with Gasteiger partial charge in [0.1, 0.15) is 6.26 Å². The third-order valence-corrected chi connectivity index (χ3v) is 2.08. The Labute approximate surface area is 97.3 Å². The molecule has 2 aromatic heterocycles. The zero-order chi connectivity index (χ0) is 12.1. The Kier molecular flexibility index (Phi) is 3.46. The number of nitrogens with zero attached hydrogens (tertiary/aromatic N) is 2. The van der Waals surface area contributed by atoms with Crippen molar-refractivity contribution in [1.29, 1.82) is 0 Å². The van der Waals surface area contributed by atoms with Crippen molar-refractivity contribution in [2.75, 3.05) is 0 Å². The van der Waals surface area contributed by atoms with E-state index in [0.29, 0.717) is 19.0 Å². The Morgan fingerprint density at radius 3 is 2.94 bits per heavy atom. The van der Waals surface area contributed by atoms with E-state index in [2.05, 4.69) is 15.3 Å². The van der Waals surface area contributed by atoms with Crippen LogP contribution in [0.1, 0.15) is 22.1 Å². The molecule has 0 spiro atoms. The van der Waals surface area contributed by atoms with Crippen LogP contribution in [-0.2, 0) is 13.1 Å². The molecule has 2 heterocycles. The predicted molar refractivity (Wildman–Crippen MR) is 58.2 cm³/mol. The molecule has 0 saturated heterocycles. The summed E-state index contributed by atoms with van der Waals surface area (Å²) in [5.74, 6) is -0.747. The van der Waals surface area contributed by atoms with Crippen molar-refractivity contribution in [3.05, 3.63) is 47.9 Å². The number of carboxylic acid groups (broad SMARTS) is 1. The summed E-state index contributed by atoms with van der Waals surface area (Å²) in [6, 6.07) is 5.64. The Morgan fingerprint density at radius 2 is 2.29 bits per heavy atom. The summed E-state index contributed by atoms with van der Waals surface area (Å²) in [4.78, 5) is 18.5. The highest BCUT2D eigenvalue weighted by atomic mass is 16.4. The lowest BCUT2D eigenvalue weighted by Gasteiger charge is -2.00. The van der Waals surface area contributed by atoms with E-state index >= 15 is 0 Å². The number of hydrogen-bond donors (Lipinski definition) is 2. The largest absolute Gasteiger partial charge is 0.476 e. The van der Waals surface area contributed by atoms with Crippen LogP contribution in [0.25, 0.3) is 0 Å². The topological polar surface area (TPSA) is 88.2 Å². The summed E-state index contributed by atoms with van der Waals surface area (Å²) in [5, 5.41) is 11.7. The normalized spacial score (nSPS) is 10.4. The van der Waals surface area contributed by atoms with Crippen LogP contribution in [0.5, 0.6) is 0 Å². The van der Waals surface area contributed by atoms with E-state index in [1.807, 2.05) is 18.2 Å². The van der Waals surface area contributed by atoms with Gasteiger partial charge < -0.3 is 14.8 Å². The minimum atomic E-state index is -1.09. The van der Waals surface area contributed by atoms with Crippen molar-refractivity contribution < 1.29 is 14.3 Å². The van der Waals surface area contributed by atoms with Gasteiger partial charge in [0.05, 0.1) is 12.2 Å². The van der Waals surface area contributed by atoms with Crippen LogP contribution < -0.4 is 5.32 Å². The van der Waals surface area contributed by atoms with Gasteiger partial charge in [0.15, 0.2) is 5.69 Å². The monoisotopic (exact) mass is 233 g/mol. The molecule has 2 rings (SSSR count).